The molecule has 1 aromatic carbocycles. The van der Waals surface area contributed by atoms with Crippen LogP contribution in [0.5, 0.6) is 0 Å². The Morgan fingerprint density at radius 2 is 2.00 bits per heavy atom. The molecule has 2 aromatic heterocycles. The molecular formula is C21H24FN5O. The maximum Gasteiger partial charge on any atom is 0.257 e. The Kier molecular flexibility index (Phi) is 5.23. The molecular weight excluding hydrogens is 357 g/mol. The van der Waals surface area contributed by atoms with Gasteiger partial charge in [-0.25, -0.2) is 4.39 Å². The molecule has 1 aliphatic rings. The lowest BCUT2D eigenvalue weighted by Gasteiger charge is -2.32. The molecule has 6 nitrogen and oxygen atoms in total. The molecule has 1 amide bonds. The molecule has 3 heterocycles. The van der Waals surface area contributed by atoms with E-state index in [-0.39, 0.29) is 17.6 Å². The van der Waals surface area contributed by atoms with Gasteiger partial charge in [0.25, 0.3) is 5.91 Å². The lowest BCUT2D eigenvalue weighted by atomic mass is 9.90. The number of hydrogen-bond acceptors (Lipinski definition) is 3. The summed E-state index contributed by atoms with van der Waals surface area (Å²) in [5.41, 5.74) is 4.47. The Morgan fingerprint density at radius 1 is 1.21 bits per heavy atom. The fourth-order valence-corrected chi connectivity index (χ4v) is 3.97. The summed E-state index contributed by atoms with van der Waals surface area (Å²) in [6.07, 6.45) is 7.09. The Balaban J connectivity index is 1.55. The minimum Gasteiger partial charge on any atom is -0.338 e. The molecule has 4 rings (SSSR count). The zero-order valence-corrected chi connectivity index (χ0v) is 15.9. The van der Waals surface area contributed by atoms with Gasteiger partial charge in [-0.1, -0.05) is 25.5 Å². The molecule has 0 radical (unpaired) electrons. The summed E-state index contributed by atoms with van der Waals surface area (Å²) in [6, 6.07) is 6.43. The lowest BCUT2D eigenvalue weighted by molar-refractivity contribution is 0.0705. The number of carbonyl (C=O) groups excluding carboxylic acids is 1. The van der Waals surface area contributed by atoms with Crippen molar-refractivity contribution in [2.24, 2.45) is 0 Å². The maximum atomic E-state index is 13.3. The highest BCUT2D eigenvalue weighted by atomic mass is 19.1. The fourth-order valence-electron chi connectivity index (χ4n) is 3.97. The first-order chi connectivity index (χ1) is 13.7. The van der Waals surface area contributed by atoms with Crippen molar-refractivity contribution in [2.75, 3.05) is 13.1 Å². The summed E-state index contributed by atoms with van der Waals surface area (Å²) in [6.45, 7) is 3.46. The average molecular weight is 381 g/mol. The zero-order valence-electron chi connectivity index (χ0n) is 15.9. The number of carbonyl (C=O) groups is 1. The second-order valence-corrected chi connectivity index (χ2v) is 7.31. The fraction of sp³-hybridized carbons (Fsp3) is 0.381. The van der Waals surface area contributed by atoms with Gasteiger partial charge in [0.05, 0.1) is 18.0 Å². The number of likely N-dealkylation sites (tertiary alicyclic amines) is 1. The van der Waals surface area contributed by atoms with Gasteiger partial charge in [-0.05, 0) is 37.0 Å². The van der Waals surface area contributed by atoms with Crippen molar-refractivity contribution >= 4 is 5.91 Å². The van der Waals surface area contributed by atoms with Crippen LogP contribution < -0.4 is 0 Å². The molecule has 0 unspecified atom stereocenters. The van der Waals surface area contributed by atoms with Crippen LogP contribution in [0.25, 0.3) is 11.1 Å². The van der Waals surface area contributed by atoms with Crippen molar-refractivity contribution in [3.05, 3.63) is 59.4 Å². The van der Waals surface area contributed by atoms with E-state index in [0.717, 1.165) is 54.7 Å². The Labute approximate surface area is 163 Å². The van der Waals surface area contributed by atoms with Crippen molar-refractivity contribution in [1.29, 1.82) is 0 Å². The first kappa shape index (κ1) is 18.4. The predicted octanol–water partition coefficient (Wildman–Crippen LogP) is 3.91. The molecule has 0 aliphatic carbocycles. The minimum atomic E-state index is -0.258. The van der Waals surface area contributed by atoms with Crippen LogP contribution in [0.1, 0.15) is 53.8 Å². The number of H-pyrrole nitrogens is 2. The van der Waals surface area contributed by atoms with Crippen LogP contribution in [-0.4, -0.2) is 44.3 Å². The van der Waals surface area contributed by atoms with E-state index in [1.165, 1.54) is 12.1 Å². The maximum absolute atomic E-state index is 13.3. The van der Waals surface area contributed by atoms with Gasteiger partial charge in [0, 0.05) is 36.0 Å². The van der Waals surface area contributed by atoms with E-state index in [1.54, 1.807) is 24.5 Å². The number of aromatic nitrogens is 4. The van der Waals surface area contributed by atoms with Crippen molar-refractivity contribution < 1.29 is 9.18 Å². The van der Waals surface area contributed by atoms with E-state index >= 15 is 0 Å². The average Bonchev–Trinajstić information content (AvgIpc) is 3.38. The number of aryl methyl sites for hydroxylation is 1. The number of hydrogen-bond donors (Lipinski definition) is 2. The largest absolute Gasteiger partial charge is 0.338 e. The van der Waals surface area contributed by atoms with Gasteiger partial charge in [0.2, 0.25) is 0 Å². The highest BCUT2D eigenvalue weighted by Gasteiger charge is 2.29. The molecule has 0 spiro atoms. The van der Waals surface area contributed by atoms with Gasteiger partial charge in [0.15, 0.2) is 0 Å². The zero-order chi connectivity index (χ0) is 19.5. The normalized spacial score (nSPS) is 17.1. The van der Waals surface area contributed by atoms with Crippen molar-refractivity contribution in [3.8, 4) is 11.1 Å². The van der Waals surface area contributed by atoms with Crippen LogP contribution in [0, 0.1) is 5.82 Å². The number of aromatic amines is 2. The second kappa shape index (κ2) is 7.96. The lowest BCUT2D eigenvalue weighted by Crippen LogP contribution is -2.39. The smallest absolute Gasteiger partial charge is 0.257 e. The van der Waals surface area contributed by atoms with E-state index in [0.29, 0.717) is 12.1 Å². The van der Waals surface area contributed by atoms with E-state index in [2.05, 4.69) is 27.3 Å². The quantitative estimate of drug-likeness (QED) is 0.703. The molecule has 28 heavy (non-hydrogen) atoms. The number of benzene rings is 1. The van der Waals surface area contributed by atoms with E-state index in [4.69, 9.17) is 0 Å². The van der Waals surface area contributed by atoms with Crippen molar-refractivity contribution in [1.82, 2.24) is 25.3 Å². The third kappa shape index (κ3) is 3.56. The van der Waals surface area contributed by atoms with Crippen LogP contribution in [0.2, 0.25) is 0 Å². The third-order valence-electron chi connectivity index (χ3n) is 5.39. The molecule has 1 aliphatic heterocycles. The van der Waals surface area contributed by atoms with Gasteiger partial charge >= 0.3 is 0 Å². The first-order valence-electron chi connectivity index (χ1n) is 9.78. The third-order valence-corrected chi connectivity index (χ3v) is 5.39. The summed E-state index contributed by atoms with van der Waals surface area (Å²) in [7, 11) is 0. The van der Waals surface area contributed by atoms with Crippen LogP contribution in [-0.2, 0) is 6.42 Å². The van der Waals surface area contributed by atoms with Crippen molar-refractivity contribution in [2.45, 2.75) is 38.5 Å². The van der Waals surface area contributed by atoms with E-state index in [9.17, 15) is 9.18 Å². The number of halogens is 1. The highest BCUT2D eigenvalue weighted by molar-refractivity contribution is 5.95. The van der Waals surface area contributed by atoms with Gasteiger partial charge in [-0.3, -0.25) is 15.0 Å². The summed E-state index contributed by atoms with van der Waals surface area (Å²) in [4.78, 5) is 15.0. The summed E-state index contributed by atoms with van der Waals surface area (Å²) < 4.78 is 13.3. The molecule has 7 heteroatoms. The highest BCUT2D eigenvalue weighted by Crippen LogP contribution is 2.33. The predicted molar refractivity (Wildman–Crippen MR) is 104 cm³/mol. The van der Waals surface area contributed by atoms with Gasteiger partial charge in [0.1, 0.15) is 5.82 Å². The first-order valence-corrected chi connectivity index (χ1v) is 9.78. The van der Waals surface area contributed by atoms with Crippen LogP contribution in [0.15, 0.2) is 36.7 Å². The Hall–Kier alpha value is -2.96. The number of amides is 1. The SMILES string of the molecule is CCCc1[nH]ncc1C(=O)N1CCC[C@H](c2[nH]ncc2-c2ccc(F)cc2)C1. The topological polar surface area (TPSA) is 77.7 Å². The molecule has 146 valence electrons. The van der Waals surface area contributed by atoms with Crippen LogP contribution in [0.4, 0.5) is 4.39 Å². The molecule has 1 fully saturated rings. The molecule has 1 atom stereocenters. The monoisotopic (exact) mass is 381 g/mol. The number of nitrogens with zero attached hydrogens (tertiary/aromatic N) is 3. The summed E-state index contributed by atoms with van der Waals surface area (Å²) >= 11 is 0. The molecule has 1 saturated heterocycles. The van der Waals surface area contributed by atoms with Gasteiger partial charge in [-0.15, -0.1) is 0 Å². The molecule has 2 N–H and O–H groups in total. The van der Waals surface area contributed by atoms with Crippen LogP contribution >= 0.6 is 0 Å². The molecule has 0 bridgehead atoms. The summed E-state index contributed by atoms with van der Waals surface area (Å²) in [5.74, 6) is -0.0576. The number of nitrogens with one attached hydrogen (secondary N) is 2. The number of rotatable bonds is 5. The Bertz CT molecular complexity index is 946. The van der Waals surface area contributed by atoms with Gasteiger partial charge < -0.3 is 4.90 Å². The standard InChI is InChI=1S/C21H24FN5O/c1-2-4-19-18(12-23-25-19)21(28)27-10-3-5-15(13-27)20-17(11-24-26-20)14-6-8-16(22)9-7-14/h6-9,11-12,15H,2-5,10,13H2,1H3,(H,23,25)(H,24,26)/t15-/m0/s1. The molecule has 0 saturated carbocycles. The van der Waals surface area contributed by atoms with Gasteiger partial charge in [-0.2, -0.15) is 10.2 Å². The molecule has 3 aromatic rings. The summed E-state index contributed by atoms with van der Waals surface area (Å²) in [5, 5.41) is 14.4. The number of piperidine rings is 1. The van der Waals surface area contributed by atoms with E-state index < -0.39 is 0 Å². The Morgan fingerprint density at radius 3 is 2.79 bits per heavy atom. The van der Waals surface area contributed by atoms with E-state index in [1.807, 2.05) is 4.90 Å². The van der Waals surface area contributed by atoms with Crippen LogP contribution in [0.3, 0.4) is 0 Å². The second-order valence-electron chi connectivity index (χ2n) is 7.31. The minimum absolute atomic E-state index is 0.0322. The van der Waals surface area contributed by atoms with Crippen molar-refractivity contribution in [3.63, 3.8) is 0 Å².